The first kappa shape index (κ1) is 20.2. The van der Waals surface area contributed by atoms with Gasteiger partial charge in [0, 0.05) is 22.4 Å². The van der Waals surface area contributed by atoms with Gasteiger partial charge in [-0.05, 0) is 30.7 Å². The van der Waals surface area contributed by atoms with Gasteiger partial charge in [0.2, 0.25) is 10.0 Å². The Labute approximate surface area is 171 Å². The van der Waals surface area contributed by atoms with E-state index in [4.69, 9.17) is 23.2 Å². The first-order valence-electron chi connectivity index (χ1n) is 7.95. The lowest BCUT2D eigenvalue weighted by Crippen LogP contribution is -2.31. The summed E-state index contributed by atoms with van der Waals surface area (Å²) in [6.07, 6.45) is 5.40. The van der Waals surface area contributed by atoms with Gasteiger partial charge in [-0.1, -0.05) is 23.2 Å². The predicted octanol–water partition coefficient (Wildman–Crippen LogP) is 2.69. The number of nitrogens with one attached hydrogen (secondary N) is 1. The van der Waals surface area contributed by atoms with Gasteiger partial charge in [-0.15, -0.1) is 0 Å². The number of aromatic nitrogens is 4. The van der Waals surface area contributed by atoms with E-state index in [0.717, 1.165) is 6.26 Å². The zero-order valence-electron chi connectivity index (χ0n) is 14.8. The number of aryl methyl sites for hydroxylation is 1. The number of carbonyl (C=O) groups is 1. The van der Waals surface area contributed by atoms with Gasteiger partial charge in [0.05, 0.1) is 24.7 Å². The third kappa shape index (κ3) is 4.49. The maximum Gasteiger partial charge on any atom is 0.283 e. The second-order valence-electron chi connectivity index (χ2n) is 5.99. The molecule has 0 spiro atoms. The van der Waals surface area contributed by atoms with Crippen LogP contribution in [0.25, 0.3) is 11.5 Å². The summed E-state index contributed by atoms with van der Waals surface area (Å²) in [4.78, 5) is 25.3. The van der Waals surface area contributed by atoms with Crippen LogP contribution in [0.2, 0.25) is 10.0 Å². The molecule has 0 atom stereocenters. The van der Waals surface area contributed by atoms with E-state index in [2.05, 4.69) is 15.0 Å². The van der Waals surface area contributed by atoms with Gasteiger partial charge >= 0.3 is 0 Å². The van der Waals surface area contributed by atoms with Gasteiger partial charge in [0.15, 0.2) is 5.82 Å². The van der Waals surface area contributed by atoms with E-state index in [1.165, 1.54) is 23.2 Å². The van der Waals surface area contributed by atoms with Crippen molar-refractivity contribution in [3.05, 3.63) is 63.8 Å². The van der Waals surface area contributed by atoms with Crippen LogP contribution in [0.4, 0.5) is 0 Å². The van der Waals surface area contributed by atoms with Gasteiger partial charge in [0.1, 0.15) is 11.4 Å². The molecular formula is C17H15Cl2N5O3S. The van der Waals surface area contributed by atoms with Crippen LogP contribution in [-0.2, 0) is 16.6 Å². The fraction of sp³-hybridized carbons (Fsp3) is 0.176. The van der Waals surface area contributed by atoms with Crippen molar-refractivity contribution in [2.45, 2.75) is 13.5 Å². The second-order valence-corrected chi connectivity index (χ2v) is 8.58. The Morgan fingerprint density at radius 2 is 2.00 bits per heavy atom. The van der Waals surface area contributed by atoms with Crippen LogP contribution in [0.1, 0.15) is 21.7 Å². The number of sulfonamides is 1. The number of benzene rings is 1. The second kappa shape index (κ2) is 7.86. The van der Waals surface area contributed by atoms with Crippen LogP contribution in [0.3, 0.4) is 0 Å². The van der Waals surface area contributed by atoms with Crippen molar-refractivity contribution in [1.29, 1.82) is 0 Å². The van der Waals surface area contributed by atoms with Crippen molar-refractivity contribution < 1.29 is 13.2 Å². The number of carbonyl (C=O) groups excluding carboxylic acids is 1. The van der Waals surface area contributed by atoms with Crippen LogP contribution in [-0.4, -0.2) is 40.1 Å². The predicted molar refractivity (Wildman–Crippen MR) is 106 cm³/mol. The molecule has 1 N–H and O–H groups in total. The summed E-state index contributed by atoms with van der Waals surface area (Å²) in [6, 6.07) is 4.95. The van der Waals surface area contributed by atoms with Crippen LogP contribution in [0.5, 0.6) is 0 Å². The standard InChI is InChI=1S/C17H15Cl2N5O3S/c1-10-15(17(25)23-28(2,26)27)24(9-11-7-12(18)3-4-13(11)19)16(22-10)14-8-20-5-6-21-14/h3-8H,9H2,1-2H3,(H,23,25). The molecule has 0 saturated heterocycles. The number of rotatable bonds is 5. The molecule has 2 aromatic heterocycles. The van der Waals surface area contributed by atoms with E-state index in [9.17, 15) is 13.2 Å². The molecule has 0 saturated carbocycles. The molecule has 8 nitrogen and oxygen atoms in total. The maximum atomic E-state index is 12.6. The van der Waals surface area contributed by atoms with Gasteiger partial charge in [-0.25, -0.2) is 23.1 Å². The average Bonchev–Trinajstić information content (AvgIpc) is 2.93. The molecule has 1 aromatic carbocycles. The monoisotopic (exact) mass is 439 g/mol. The highest BCUT2D eigenvalue weighted by atomic mass is 35.5. The number of imidazole rings is 1. The molecule has 0 fully saturated rings. The molecule has 0 unspecified atom stereocenters. The SMILES string of the molecule is Cc1nc(-c2cnccn2)n(Cc2cc(Cl)ccc2Cl)c1C(=O)NS(C)(=O)=O. The van der Waals surface area contributed by atoms with Crippen molar-refractivity contribution in [3.8, 4) is 11.5 Å². The quantitative estimate of drug-likeness (QED) is 0.654. The molecule has 3 aromatic rings. The van der Waals surface area contributed by atoms with Crippen LogP contribution in [0.15, 0.2) is 36.8 Å². The molecule has 28 heavy (non-hydrogen) atoms. The summed E-state index contributed by atoms with van der Waals surface area (Å²) in [5.41, 5.74) is 1.45. The van der Waals surface area contributed by atoms with Crippen molar-refractivity contribution in [1.82, 2.24) is 24.2 Å². The third-order valence-corrected chi connectivity index (χ3v) is 4.92. The number of hydrogen-bond acceptors (Lipinski definition) is 6. The lowest BCUT2D eigenvalue weighted by Gasteiger charge is -2.13. The van der Waals surface area contributed by atoms with Crippen molar-refractivity contribution in [2.24, 2.45) is 0 Å². The summed E-state index contributed by atoms with van der Waals surface area (Å²) < 4.78 is 26.6. The highest BCUT2D eigenvalue weighted by Crippen LogP contribution is 2.26. The van der Waals surface area contributed by atoms with Crippen molar-refractivity contribution in [2.75, 3.05) is 6.26 Å². The van der Waals surface area contributed by atoms with Gasteiger partial charge in [-0.2, -0.15) is 0 Å². The first-order valence-corrected chi connectivity index (χ1v) is 10.6. The number of halogens is 2. The van der Waals surface area contributed by atoms with E-state index in [-0.39, 0.29) is 12.2 Å². The molecule has 0 aliphatic heterocycles. The zero-order valence-corrected chi connectivity index (χ0v) is 17.2. The van der Waals surface area contributed by atoms with E-state index in [0.29, 0.717) is 32.8 Å². The molecule has 1 amide bonds. The lowest BCUT2D eigenvalue weighted by molar-refractivity contribution is 0.0972. The number of amides is 1. The Kier molecular flexibility index (Phi) is 5.69. The topological polar surface area (TPSA) is 107 Å². The Morgan fingerprint density at radius 3 is 2.64 bits per heavy atom. The highest BCUT2D eigenvalue weighted by Gasteiger charge is 2.25. The molecule has 2 heterocycles. The summed E-state index contributed by atoms with van der Waals surface area (Å²) >= 11 is 12.3. The Hall–Kier alpha value is -2.49. The Morgan fingerprint density at radius 1 is 1.25 bits per heavy atom. The van der Waals surface area contributed by atoms with Crippen LogP contribution < -0.4 is 4.72 Å². The molecule has 0 aliphatic carbocycles. The molecule has 0 radical (unpaired) electrons. The summed E-state index contributed by atoms with van der Waals surface area (Å²) in [5, 5.41) is 0.912. The highest BCUT2D eigenvalue weighted by molar-refractivity contribution is 7.89. The van der Waals surface area contributed by atoms with E-state index < -0.39 is 15.9 Å². The molecular weight excluding hydrogens is 425 g/mol. The van der Waals surface area contributed by atoms with Gasteiger partial charge in [-0.3, -0.25) is 9.78 Å². The third-order valence-electron chi connectivity index (χ3n) is 3.76. The summed E-state index contributed by atoms with van der Waals surface area (Å²) in [6.45, 7) is 1.73. The number of hydrogen-bond donors (Lipinski definition) is 1. The molecule has 0 aliphatic rings. The molecule has 3 rings (SSSR count). The van der Waals surface area contributed by atoms with E-state index in [1.807, 2.05) is 4.72 Å². The number of nitrogens with zero attached hydrogens (tertiary/aromatic N) is 4. The minimum atomic E-state index is -3.76. The summed E-state index contributed by atoms with van der Waals surface area (Å²) in [7, 11) is -3.76. The van der Waals surface area contributed by atoms with Gasteiger partial charge < -0.3 is 4.57 Å². The Bertz CT molecular complexity index is 1150. The lowest BCUT2D eigenvalue weighted by atomic mass is 10.2. The van der Waals surface area contributed by atoms with Crippen molar-refractivity contribution >= 4 is 39.1 Å². The van der Waals surface area contributed by atoms with Crippen LogP contribution in [0, 0.1) is 6.92 Å². The minimum absolute atomic E-state index is 0.0714. The minimum Gasteiger partial charge on any atom is -0.314 e. The fourth-order valence-electron chi connectivity index (χ4n) is 2.68. The fourth-order valence-corrected chi connectivity index (χ4v) is 3.48. The van der Waals surface area contributed by atoms with Crippen LogP contribution >= 0.6 is 23.2 Å². The van der Waals surface area contributed by atoms with E-state index >= 15 is 0 Å². The molecule has 146 valence electrons. The average molecular weight is 440 g/mol. The van der Waals surface area contributed by atoms with Crippen molar-refractivity contribution in [3.63, 3.8) is 0 Å². The first-order chi connectivity index (χ1) is 13.2. The van der Waals surface area contributed by atoms with E-state index in [1.54, 1.807) is 25.1 Å². The molecule has 0 bridgehead atoms. The molecule has 11 heteroatoms. The Balaban J connectivity index is 2.18. The normalized spacial score (nSPS) is 11.4. The maximum absolute atomic E-state index is 12.6. The largest absolute Gasteiger partial charge is 0.314 e. The zero-order chi connectivity index (χ0) is 20.5. The van der Waals surface area contributed by atoms with Gasteiger partial charge in [0.25, 0.3) is 5.91 Å². The summed E-state index contributed by atoms with van der Waals surface area (Å²) in [5.74, 6) is -0.457. The smallest absolute Gasteiger partial charge is 0.283 e.